The fourth-order valence-corrected chi connectivity index (χ4v) is 3.16. The zero-order chi connectivity index (χ0) is 15.8. The van der Waals surface area contributed by atoms with Crippen LogP contribution in [0.15, 0.2) is 12.1 Å². The maximum Gasteiger partial charge on any atom is 0.130 e. The first-order valence-electron chi connectivity index (χ1n) is 7.31. The second-order valence-corrected chi connectivity index (χ2v) is 6.77. The molecule has 1 aliphatic rings. The first-order chi connectivity index (χ1) is 9.79. The van der Waals surface area contributed by atoms with Gasteiger partial charge < -0.3 is 19.5 Å². The number of ether oxygens (including phenoxy) is 3. The highest BCUT2D eigenvalue weighted by molar-refractivity contribution is 5.50. The molecule has 0 radical (unpaired) electrons. The van der Waals surface area contributed by atoms with Crippen LogP contribution in [0.3, 0.4) is 0 Å². The average Bonchev–Trinajstić information content (AvgIpc) is 2.85. The highest BCUT2D eigenvalue weighted by Crippen LogP contribution is 2.62. The van der Waals surface area contributed by atoms with Gasteiger partial charge in [0.25, 0.3) is 0 Å². The number of benzene rings is 1. The van der Waals surface area contributed by atoms with Crippen molar-refractivity contribution in [3.63, 3.8) is 0 Å². The van der Waals surface area contributed by atoms with Gasteiger partial charge in [0.05, 0.1) is 26.9 Å². The first kappa shape index (κ1) is 16.0. The van der Waals surface area contributed by atoms with Gasteiger partial charge in [0, 0.05) is 24.7 Å². The lowest BCUT2D eigenvalue weighted by molar-refractivity contribution is 0.365. The molecule has 0 aromatic heterocycles. The standard InChI is InChI=1S/C17H27NO3/c1-16(2)15(17(16,3)4)18-10-12-13(20-6)8-11(19-5)9-14(12)21-7/h8-9,15,18H,10H2,1-7H3. The van der Waals surface area contributed by atoms with Crippen molar-refractivity contribution in [1.82, 2.24) is 5.32 Å². The Hall–Kier alpha value is -1.42. The Balaban J connectivity index is 2.20. The molecule has 0 atom stereocenters. The fraction of sp³-hybridized carbons (Fsp3) is 0.647. The lowest BCUT2D eigenvalue weighted by atomic mass is 10.0. The Morgan fingerprint density at radius 2 is 1.38 bits per heavy atom. The molecule has 1 aromatic rings. The smallest absolute Gasteiger partial charge is 0.130 e. The van der Waals surface area contributed by atoms with E-state index in [1.54, 1.807) is 21.3 Å². The second-order valence-electron chi connectivity index (χ2n) is 6.77. The summed E-state index contributed by atoms with van der Waals surface area (Å²) in [6, 6.07) is 4.27. The molecule has 1 saturated carbocycles. The number of methoxy groups -OCH3 is 3. The topological polar surface area (TPSA) is 39.7 Å². The quantitative estimate of drug-likeness (QED) is 0.874. The van der Waals surface area contributed by atoms with Gasteiger partial charge in [0.1, 0.15) is 17.2 Å². The summed E-state index contributed by atoms with van der Waals surface area (Å²) < 4.78 is 16.3. The van der Waals surface area contributed by atoms with Crippen LogP contribution < -0.4 is 19.5 Å². The summed E-state index contributed by atoms with van der Waals surface area (Å²) >= 11 is 0. The Morgan fingerprint density at radius 1 is 0.905 bits per heavy atom. The van der Waals surface area contributed by atoms with Gasteiger partial charge >= 0.3 is 0 Å². The van der Waals surface area contributed by atoms with Gasteiger partial charge in [-0.3, -0.25) is 0 Å². The van der Waals surface area contributed by atoms with E-state index in [4.69, 9.17) is 14.2 Å². The third-order valence-corrected chi connectivity index (χ3v) is 5.32. The van der Waals surface area contributed by atoms with Gasteiger partial charge in [-0.25, -0.2) is 0 Å². The number of nitrogens with one attached hydrogen (secondary N) is 1. The maximum absolute atomic E-state index is 5.49. The van der Waals surface area contributed by atoms with E-state index in [0.717, 1.165) is 22.8 Å². The molecule has 4 nitrogen and oxygen atoms in total. The van der Waals surface area contributed by atoms with Crippen molar-refractivity contribution in [2.24, 2.45) is 10.8 Å². The van der Waals surface area contributed by atoms with Crippen molar-refractivity contribution in [2.45, 2.75) is 40.3 Å². The Labute approximate surface area is 127 Å². The first-order valence-corrected chi connectivity index (χ1v) is 7.31. The average molecular weight is 293 g/mol. The van der Waals surface area contributed by atoms with Crippen LogP contribution in [-0.4, -0.2) is 27.4 Å². The van der Waals surface area contributed by atoms with E-state index in [9.17, 15) is 0 Å². The Bertz CT molecular complexity index is 484. The molecule has 4 heteroatoms. The molecule has 0 unspecified atom stereocenters. The normalized spacial score (nSPS) is 19.2. The molecule has 0 aliphatic heterocycles. The molecule has 1 aromatic carbocycles. The summed E-state index contributed by atoms with van der Waals surface area (Å²) in [5.74, 6) is 2.31. The van der Waals surface area contributed by atoms with Crippen LogP contribution in [0, 0.1) is 10.8 Å². The van der Waals surface area contributed by atoms with Crippen LogP contribution in [0.5, 0.6) is 17.2 Å². The van der Waals surface area contributed by atoms with Crippen molar-refractivity contribution in [3.8, 4) is 17.2 Å². The van der Waals surface area contributed by atoms with Crippen molar-refractivity contribution in [2.75, 3.05) is 21.3 Å². The summed E-state index contributed by atoms with van der Waals surface area (Å²) in [5, 5.41) is 3.64. The summed E-state index contributed by atoms with van der Waals surface area (Å²) in [6.45, 7) is 9.91. The molecular weight excluding hydrogens is 266 g/mol. The van der Waals surface area contributed by atoms with Crippen LogP contribution >= 0.6 is 0 Å². The van der Waals surface area contributed by atoms with Gasteiger partial charge in [0.2, 0.25) is 0 Å². The molecule has 0 bridgehead atoms. The van der Waals surface area contributed by atoms with Crippen molar-refractivity contribution < 1.29 is 14.2 Å². The van der Waals surface area contributed by atoms with E-state index in [1.165, 1.54) is 0 Å². The second kappa shape index (κ2) is 5.41. The Kier molecular flexibility index (Phi) is 4.11. The molecule has 0 spiro atoms. The lowest BCUT2D eigenvalue weighted by Crippen LogP contribution is -2.22. The number of hydrogen-bond donors (Lipinski definition) is 1. The molecule has 0 heterocycles. The predicted molar refractivity (Wildman–Crippen MR) is 84.3 cm³/mol. The largest absolute Gasteiger partial charge is 0.496 e. The molecule has 0 amide bonds. The van der Waals surface area contributed by atoms with Crippen LogP contribution in [0.2, 0.25) is 0 Å². The van der Waals surface area contributed by atoms with E-state index < -0.39 is 0 Å². The molecule has 1 fully saturated rings. The van der Waals surface area contributed by atoms with Gasteiger partial charge in [-0.1, -0.05) is 27.7 Å². The van der Waals surface area contributed by atoms with Gasteiger partial charge in [-0.15, -0.1) is 0 Å². The van der Waals surface area contributed by atoms with Crippen molar-refractivity contribution in [3.05, 3.63) is 17.7 Å². The van der Waals surface area contributed by atoms with E-state index in [0.29, 0.717) is 23.4 Å². The Morgan fingerprint density at radius 3 is 1.71 bits per heavy atom. The number of hydrogen-bond acceptors (Lipinski definition) is 4. The van der Waals surface area contributed by atoms with E-state index in [-0.39, 0.29) is 0 Å². The fourth-order valence-electron chi connectivity index (χ4n) is 3.16. The minimum Gasteiger partial charge on any atom is -0.496 e. The van der Waals surface area contributed by atoms with Crippen LogP contribution in [0.1, 0.15) is 33.3 Å². The monoisotopic (exact) mass is 293 g/mol. The summed E-state index contributed by atoms with van der Waals surface area (Å²) in [7, 11) is 4.98. The minimum absolute atomic E-state index is 0.305. The predicted octanol–water partition coefficient (Wildman–Crippen LogP) is 3.24. The number of rotatable bonds is 6. The highest BCUT2D eigenvalue weighted by Gasteiger charge is 2.64. The van der Waals surface area contributed by atoms with Crippen LogP contribution in [-0.2, 0) is 6.54 Å². The van der Waals surface area contributed by atoms with Crippen molar-refractivity contribution >= 4 is 0 Å². The lowest BCUT2D eigenvalue weighted by Gasteiger charge is -2.16. The molecule has 2 rings (SSSR count). The summed E-state index contributed by atoms with van der Waals surface area (Å²) in [6.07, 6.45) is 0. The van der Waals surface area contributed by atoms with Crippen molar-refractivity contribution in [1.29, 1.82) is 0 Å². The zero-order valence-electron chi connectivity index (χ0n) is 14.2. The van der Waals surface area contributed by atoms with Gasteiger partial charge in [-0.05, 0) is 10.8 Å². The molecule has 1 N–H and O–H groups in total. The molecule has 118 valence electrons. The highest BCUT2D eigenvalue weighted by atomic mass is 16.5. The third-order valence-electron chi connectivity index (χ3n) is 5.32. The molecule has 0 saturated heterocycles. The SMILES string of the molecule is COc1cc(OC)c(CNC2C(C)(C)C2(C)C)c(OC)c1. The maximum atomic E-state index is 5.49. The zero-order valence-corrected chi connectivity index (χ0v) is 14.2. The summed E-state index contributed by atoms with van der Waals surface area (Å²) in [4.78, 5) is 0. The van der Waals surface area contributed by atoms with Gasteiger partial charge in [-0.2, -0.15) is 0 Å². The van der Waals surface area contributed by atoms with Gasteiger partial charge in [0.15, 0.2) is 0 Å². The molecular formula is C17H27NO3. The van der Waals surface area contributed by atoms with Crippen LogP contribution in [0.25, 0.3) is 0 Å². The minimum atomic E-state index is 0.305. The van der Waals surface area contributed by atoms with Crippen LogP contribution in [0.4, 0.5) is 0 Å². The summed E-state index contributed by atoms with van der Waals surface area (Å²) in [5.41, 5.74) is 1.64. The van der Waals surface area contributed by atoms with E-state index in [2.05, 4.69) is 33.0 Å². The molecule has 21 heavy (non-hydrogen) atoms. The molecule has 1 aliphatic carbocycles. The third kappa shape index (κ3) is 2.57. The van der Waals surface area contributed by atoms with E-state index in [1.807, 2.05) is 12.1 Å². The van der Waals surface area contributed by atoms with E-state index >= 15 is 0 Å².